The van der Waals surface area contributed by atoms with Gasteiger partial charge in [-0.1, -0.05) is 0 Å². The Labute approximate surface area is 123 Å². The standard InChI is InChI=1S/C13H22N2O6/c1-13(2,7-10(16)17)14-12(19)15-4-5-21-9(8-15)6-11(18)20-3/h9H,4-8H2,1-3H3,(H,14,19)(H,16,17). The molecule has 0 aromatic rings. The Balaban J connectivity index is 2.53. The maximum Gasteiger partial charge on any atom is 0.317 e. The minimum atomic E-state index is -0.981. The summed E-state index contributed by atoms with van der Waals surface area (Å²) in [5, 5.41) is 11.5. The number of hydrogen-bond donors (Lipinski definition) is 2. The number of aliphatic carboxylic acids is 1. The Bertz CT molecular complexity index is 409. The van der Waals surface area contributed by atoms with Gasteiger partial charge in [-0.15, -0.1) is 0 Å². The third-order valence-electron chi connectivity index (χ3n) is 3.09. The molecule has 0 bridgehead atoms. The summed E-state index contributed by atoms with van der Waals surface area (Å²) in [4.78, 5) is 35.6. The van der Waals surface area contributed by atoms with Gasteiger partial charge in [0.15, 0.2) is 0 Å². The SMILES string of the molecule is COC(=O)CC1CN(C(=O)NC(C)(C)CC(=O)O)CCO1. The lowest BCUT2D eigenvalue weighted by molar-refractivity contribution is -0.145. The molecule has 8 heteroatoms. The number of hydrogen-bond acceptors (Lipinski definition) is 5. The van der Waals surface area contributed by atoms with E-state index in [0.717, 1.165) is 0 Å². The number of rotatable bonds is 5. The molecule has 0 aromatic heterocycles. The number of carbonyl (C=O) groups is 3. The molecule has 1 unspecified atom stereocenters. The van der Waals surface area contributed by atoms with Gasteiger partial charge in [0.2, 0.25) is 0 Å². The molecule has 120 valence electrons. The van der Waals surface area contributed by atoms with Crippen LogP contribution in [0.4, 0.5) is 4.79 Å². The third-order valence-corrected chi connectivity index (χ3v) is 3.09. The zero-order chi connectivity index (χ0) is 16.0. The summed E-state index contributed by atoms with van der Waals surface area (Å²) < 4.78 is 9.98. The van der Waals surface area contributed by atoms with Crippen molar-refractivity contribution in [3.8, 4) is 0 Å². The molecule has 1 aliphatic heterocycles. The molecule has 1 atom stereocenters. The van der Waals surface area contributed by atoms with Gasteiger partial charge in [0.05, 0.1) is 32.7 Å². The van der Waals surface area contributed by atoms with Crippen LogP contribution in [0.3, 0.4) is 0 Å². The van der Waals surface area contributed by atoms with Gasteiger partial charge in [0.25, 0.3) is 0 Å². The second-order valence-corrected chi connectivity index (χ2v) is 5.60. The Hall–Kier alpha value is -1.83. The topological polar surface area (TPSA) is 105 Å². The van der Waals surface area contributed by atoms with Crippen LogP contribution in [-0.4, -0.2) is 66.4 Å². The lowest BCUT2D eigenvalue weighted by Crippen LogP contribution is -2.55. The summed E-state index contributed by atoms with van der Waals surface area (Å²) in [5.74, 6) is -1.38. The fraction of sp³-hybridized carbons (Fsp3) is 0.769. The molecular formula is C13H22N2O6. The molecule has 1 fully saturated rings. The van der Waals surface area contributed by atoms with Crippen LogP contribution in [0.1, 0.15) is 26.7 Å². The number of carbonyl (C=O) groups excluding carboxylic acids is 2. The fourth-order valence-electron chi connectivity index (χ4n) is 2.09. The number of esters is 1. The second-order valence-electron chi connectivity index (χ2n) is 5.60. The number of amides is 2. The minimum Gasteiger partial charge on any atom is -0.481 e. The Kier molecular flexibility index (Phi) is 5.95. The zero-order valence-corrected chi connectivity index (χ0v) is 12.5. The lowest BCUT2D eigenvalue weighted by Gasteiger charge is -2.35. The van der Waals surface area contributed by atoms with Crippen LogP contribution in [0.5, 0.6) is 0 Å². The molecule has 2 amide bonds. The van der Waals surface area contributed by atoms with E-state index in [1.165, 1.54) is 12.0 Å². The largest absolute Gasteiger partial charge is 0.481 e. The van der Waals surface area contributed by atoms with E-state index in [-0.39, 0.29) is 25.4 Å². The van der Waals surface area contributed by atoms with Gasteiger partial charge in [-0.3, -0.25) is 9.59 Å². The van der Waals surface area contributed by atoms with E-state index in [0.29, 0.717) is 13.2 Å². The summed E-state index contributed by atoms with van der Waals surface area (Å²) in [6.45, 7) is 4.28. The Morgan fingerprint density at radius 3 is 2.67 bits per heavy atom. The zero-order valence-electron chi connectivity index (χ0n) is 12.5. The molecule has 8 nitrogen and oxygen atoms in total. The molecular weight excluding hydrogens is 280 g/mol. The molecule has 21 heavy (non-hydrogen) atoms. The van der Waals surface area contributed by atoms with E-state index in [4.69, 9.17) is 9.84 Å². The molecule has 0 saturated carbocycles. The summed E-state index contributed by atoms with van der Waals surface area (Å²) >= 11 is 0. The first-order valence-corrected chi connectivity index (χ1v) is 6.71. The van der Waals surface area contributed by atoms with Gasteiger partial charge in [0, 0.05) is 18.6 Å². The number of methoxy groups -OCH3 is 1. The van der Waals surface area contributed by atoms with Crippen molar-refractivity contribution >= 4 is 18.0 Å². The van der Waals surface area contributed by atoms with Crippen LogP contribution in [0.2, 0.25) is 0 Å². The molecule has 1 heterocycles. The summed E-state index contributed by atoms with van der Waals surface area (Å²) in [5.41, 5.74) is -0.848. The first-order valence-electron chi connectivity index (χ1n) is 6.71. The van der Waals surface area contributed by atoms with E-state index >= 15 is 0 Å². The van der Waals surface area contributed by atoms with Gasteiger partial charge in [-0.25, -0.2) is 4.79 Å². The maximum atomic E-state index is 12.1. The number of carboxylic acids is 1. The van der Waals surface area contributed by atoms with Crippen LogP contribution < -0.4 is 5.32 Å². The van der Waals surface area contributed by atoms with Crippen molar-refractivity contribution in [2.75, 3.05) is 26.8 Å². The normalized spacial score (nSPS) is 19.0. The Morgan fingerprint density at radius 1 is 1.43 bits per heavy atom. The van der Waals surface area contributed by atoms with Crippen molar-refractivity contribution in [2.24, 2.45) is 0 Å². The first-order chi connectivity index (χ1) is 9.73. The van der Waals surface area contributed by atoms with E-state index in [2.05, 4.69) is 10.1 Å². The molecule has 1 aliphatic rings. The monoisotopic (exact) mass is 302 g/mol. The third kappa shape index (κ3) is 5.99. The van der Waals surface area contributed by atoms with Crippen LogP contribution >= 0.6 is 0 Å². The molecule has 1 saturated heterocycles. The van der Waals surface area contributed by atoms with Crippen molar-refractivity contribution in [3.63, 3.8) is 0 Å². The molecule has 1 rings (SSSR count). The van der Waals surface area contributed by atoms with E-state index in [9.17, 15) is 14.4 Å². The molecule has 0 aliphatic carbocycles. The van der Waals surface area contributed by atoms with Gasteiger partial charge < -0.3 is 24.8 Å². The van der Waals surface area contributed by atoms with Gasteiger partial charge in [-0.05, 0) is 13.8 Å². The highest BCUT2D eigenvalue weighted by atomic mass is 16.5. The van der Waals surface area contributed by atoms with Crippen LogP contribution in [0, 0.1) is 0 Å². The quantitative estimate of drug-likeness (QED) is 0.704. The number of ether oxygens (including phenoxy) is 2. The highest BCUT2D eigenvalue weighted by molar-refractivity contribution is 5.77. The van der Waals surface area contributed by atoms with E-state index < -0.39 is 23.6 Å². The van der Waals surface area contributed by atoms with E-state index in [1.807, 2.05) is 0 Å². The second kappa shape index (κ2) is 7.26. The van der Waals surface area contributed by atoms with Gasteiger partial charge in [0.1, 0.15) is 0 Å². The first kappa shape index (κ1) is 17.2. The lowest BCUT2D eigenvalue weighted by atomic mass is 10.0. The summed E-state index contributed by atoms with van der Waals surface area (Å²) in [6, 6.07) is -0.362. The van der Waals surface area contributed by atoms with Crippen LogP contribution in [0.15, 0.2) is 0 Å². The van der Waals surface area contributed by atoms with Crippen molar-refractivity contribution in [2.45, 2.75) is 38.3 Å². The molecule has 0 spiro atoms. The maximum absolute atomic E-state index is 12.1. The van der Waals surface area contributed by atoms with Crippen molar-refractivity contribution in [1.29, 1.82) is 0 Å². The number of nitrogens with zero attached hydrogens (tertiary/aromatic N) is 1. The van der Waals surface area contributed by atoms with E-state index in [1.54, 1.807) is 13.8 Å². The minimum absolute atomic E-state index is 0.0821. The number of nitrogens with one attached hydrogen (secondary N) is 1. The fourth-order valence-corrected chi connectivity index (χ4v) is 2.09. The van der Waals surface area contributed by atoms with Crippen LogP contribution in [-0.2, 0) is 19.1 Å². The molecule has 0 aromatic carbocycles. The van der Waals surface area contributed by atoms with Gasteiger partial charge in [-0.2, -0.15) is 0 Å². The predicted octanol–water partition coefficient (Wildman–Crippen LogP) is 0.213. The average Bonchev–Trinajstić information content (AvgIpc) is 2.36. The van der Waals surface area contributed by atoms with Crippen molar-refractivity contribution in [1.82, 2.24) is 10.2 Å². The summed E-state index contributed by atoms with van der Waals surface area (Å²) in [6.07, 6.45) is -0.493. The van der Waals surface area contributed by atoms with Gasteiger partial charge >= 0.3 is 18.0 Å². The summed E-state index contributed by atoms with van der Waals surface area (Å²) in [7, 11) is 1.30. The number of morpholine rings is 1. The predicted molar refractivity (Wildman–Crippen MR) is 72.8 cm³/mol. The molecule has 0 radical (unpaired) electrons. The van der Waals surface area contributed by atoms with Crippen molar-refractivity contribution < 1.29 is 29.0 Å². The Morgan fingerprint density at radius 2 is 2.10 bits per heavy atom. The van der Waals surface area contributed by atoms with Crippen molar-refractivity contribution in [3.05, 3.63) is 0 Å². The number of urea groups is 1. The molecule has 2 N–H and O–H groups in total. The average molecular weight is 302 g/mol. The smallest absolute Gasteiger partial charge is 0.317 e. The highest BCUT2D eigenvalue weighted by Gasteiger charge is 2.30. The van der Waals surface area contributed by atoms with Crippen LogP contribution in [0.25, 0.3) is 0 Å². The number of carboxylic acid groups (broad SMARTS) is 1. The highest BCUT2D eigenvalue weighted by Crippen LogP contribution is 2.13.